The first-order valence-electron chi connectivity index (χ1n) is 8.89. The number of thiophene rings is 1. The minimum absolute atomic E-state index is 0.119. The number of hydrogen-bond acceptors (Lipinski definition) is 4. The van der Waals surface area contributed by atoms with Crippen molar-refractivity contribution in [3.8, 4) is 10.4 Å². The number of methoxy groups -OCH3 is 1. The molecule has 0 spiro atoms. The first-order chi connectivity index (χ1) is 13.8. The molecule has 1 amide bonds. The monoisotopic (exact) mass is 431 g/mol. The standard InChI is InChI=1S/C22H19ClFNO3S/c1-13(2)25(21(26)16-10-9-15(23)11-17(16)24)18-12-19(14-7-5-4-6-8-14)29-20(18)22(27)28-3/h4-13H,1-3H3. The van der Waals surface area contributed by atoms with Crippen LogP contribution in [-0.2, 0) is 4.74 Å². The van der Waals surface area contributed by atoms with Gasteiger partial charge in [-0.2, -0.15) is 0 Å². The van der Waals surface area contributed by atoms with Crippen LogP contribution in [0.3, 0.4) is 0 Å². The second-order valence-electron chi connectivity index (χ2n) is 6.58. The smallest absolute Gasteiger partial charge is 0.350 e. The van der Waals surface area contributed by atoms with E-state index in [9.17, 15) is 14.0 Å². The SMILES string of the molecule is COC(=O)c1sc(-c2ccccc2)cc1N(C(=O)c1ccc(Cl)cc1F)C(C)C. The Hall–Kier alpha value is -2.70. The van der Waals surface area contributed by atoms with E-state index in [0.717, 1.165) is 16.5 Å². The second-order valence-corrected chi connectivity index (χ2v) is 8.06. The van der Waals surface area contributed by atoms with Gasteiger partial charge in [0.15, 0.2) is 0 Å². The predicted molar refractivity (Wildman–Crippen MR) is 114 cm³/mol. The lowest BCUT2D eigenvalue weighted by molar-refractivity contribution is 0.0607. The zero-order valence-electron chi connectivity index (χ0n) is 16.1. The molecule has 0 unspecified atom stereocenters. The van der Waals surface area contributed by atoms with Crippen LogP contribution in [0.5, 0.6) is 0 Å². The van der Waals surface area contributed by atoms with Crippen molar-refractivity contribution in [2.45, 2.75) is 19.9 Å². The number of hydrogen-bond donors (Lipinski definition) is 0. The van der Waals surface area contributed by atoms with E-state index in [1.807, 2.05) is 30.3 Å². The van der Waals surface area contributed by atoms with Crippen molar-refractivity contribution in [3.05, 3.63) is 75.9 Å². The number of carbonyl (C=O) groups is 2. The summed E-state index contributed by atoms with van der Waals surface area (Å²) in [6, 6.07) is 14.8. The number of rotatable bonds is 5. The molecule has 1 aromatic heterocycles. The van der Waals surface area contributed by atoms with Gasteiger partial charge < -0.3 is 9.64 Å². The molecule has 1 heterocycles. The number of nitrogens with zero attached hydrogens (tertiary/aromatic N) is 1. The highest BCUT2D eigenvalue weighted by atomic mass is 35.5. The Kier molecular flexibility index (Phi) is 6.35. The lowest BCUT2D eigenvalue weighted by atomic mass is 10.1. The van der Waals surface area contributed by atoms with Crippen LogP contribution in [0.15, 0.2) is 54.6 Å². The summed E-state index contributed by atoms with van der Waals surface area (Å²) in [5, 5.41) is 0.201. The number of carbonyl (C=O) groups excluding carboxylic acids is 2. The van der Waals surface area contributed by atoms with Gasteiger partial charge in [-0.3, -0.25) is 4.79 Å². The van der Waals surface area contributed by atoms with Gasteiger partial charge in [-0.05, 0) is 43.7 Å². The lowest BCUT2D eigenvalue weighted by Crippen LogP contribution is -2.38. The van der Waals surface area contributed by atoms with Gasteiger partial charge in [0.2, 0.25) is 0 Å². The zero-order valence-corrected chi connectivity index (χ0v) is 17.7. The van der Waals surface area contributed by atoms with Crippen molar-refractivity contribution in [3.63, 3.8) is 0 Å². The molecule has 0 aliphatic rings. The van der Waals surface area contributed by atoms with Gasteiger partial charge in [-0.15, -0.1) is 11.3 Å². The first-order valence-corrected chi connectivity index (χ1v) is 10.1. The molecule has 0 N–H and O–H groups in total. The van der Waals surface area contributed by atoms with E-state index in [1.165, 1.54) is 35.5 Å². The summed E-state index contributed by atoms with van der Waals surface area (Å²) in [6.45, 7) is 3.60. The predicted octanol–water partition coefficient (Wildman–Crippen LogP) is 6.05. The number of ether oxygens (including phenoxy) is 1. The number of esters is 1. The number of anilines is 1. The Morgan fingerprint density at radius 2 is 1.79 bits per heavy atom. The Labute approximate surface area is 177 Å². The van der Waals surface area contributed by atoms with Crippen LogP contribution in [0.2, 0.25) is 5.02 Å². The topological polar surface area (TPSA) is 46.6 Å². The summed E-state index contributed by atoms with van der Waals surface area (Å²) < 4.78 is 19.3. The van der Waals surface area contributed by atoms with E-state index in [2.05, 4.69) is 0 Å². The third kappa shape index (κ3) is 4.33. The molecule has 0 bridgehead atoms. The fourth-order valence-corrected chi connectivity index (χ4v) is 4.19. The molecule has 0 atom stereocenters. The van der Waals surface area contributed by atoms with Crippen LogP contribution < -0.4 is 4.90 Å². The average Bonchev–Trinajstić information content (AvgIpc) is 3.12. The zero-order chi connectivity index (χ0) is 21.1. The summed E-state index contributed by atoms with van der Waals surface area (Å²) in [4.78, 5) is 28.1. The molecule has 3 aromatic rings. The minimum Gasteiger partial charge on any atom is -0.465 e. The first kappa shape index (κ1) is 21.0. The van der Waals surface area contributed by atoms with E-state index in [4.69, 9.17) is 16.3 Å². The summed E-state index contributed by atoms with van der Waals surface area (Å²) in [6.07, 6.45) is 0. The Morgan fingerprint density at radius 1 is 1.10 bits per heavy atom. The van der Waals surface area contributed by atoms with Gasteiger partial charge >= 0.3 is 5.97 Å². The van der Waals surface area contributed by atoms with Crippen LogP contribution >= 0.6 is 22.9 Å². The number of benzene rings is 2. The number of amides is 1. The molecule has 0 radical (unpaired) electrons. The van der Waals surface area contributed by atoms with Gasteiger partial charge in [-0.25, -0.2) is 9.18 Å². The molecule has 7 heteroatoms. The quantitative estimate of drug-likeness (QED) is 0.462. The van der Waals surface area contributed by atoms with Crippen molar-refractivity contribution in [1.82, 2.24) is 0 Å². The molecule has 0 aliphatic carbocycles. The van der Waals surface area contributed by atoms with Gasteiger partial charge in [0.25, 0.3) is 5.91 Å². The summed E-state index contributed by atoms with van der Waals surface area (Å²) >= 11 is 7.04. The van der Waals surface area contributed by atoms with Gasteiger partial charge in [0.05, 0.1) is 18.4 Å². The second kappa shape index (κ2) is 8.76. The van der Waals surface area contributed by atoms with Crippen molar-refractivity contribution in [2.75, 3.05) is 12.0 Å². The molecule has 29 heavy (non-hydrogen) atoms. The van der Waals surface area contributed by atoms with Crippen molar-refractivity contribution in [2.24, 2.45) is 0 Å². The van der Waals surface area contributed by atoms with Crippen LogP contribution in [0, 0.1) is 5.82 Å². The summed E-state index contributed by atoms with van der Waals surface area (Å²) in [5.74, 6) is -1.83. The molecule has 0 fully saturated rings. The van der Waals surface area contributed by atoms with Crippen LogP contribution in [0.1, 0.15) is 33.9 Å². The largest absolute Gasteiger partial charge is 0.465 e. The fraction of sp³-hybridized carbons (Fsp3) is 0.182. The maximum atomic E-state index is 14.4. The molecule has 2 aromatic carbocycles. The molecular weight excluding hydrogens is 413 g/mol. The molecular formula is C22H19ClFNO3S. The molecule has 0 saturated carbocycles. The Morgan fingerprint density at radius 3 is 2.38 bits per heavy atom. The lowest BCUT2D eigenvalue weighted by Gasteiger charge is -2.27. The molecule has 0 aliphatic heterocycles. The normalized spacial score (nSPS) is 10.8. The van der Waals surface area contributed by atoms with E-state index in [0.29, 0.717) is 5.69 Å². The van der Waals surface area contributed by atoms with E-state index in [1.54, 1.807) is 19.9 Å². The fourth-order valence-electron chi connectivity index (χ4n) is 2.96. The molecule has 150 valence electrons. The Bertz CT molecular complexity index is 1050. The van der Waals surface area contributed by atoms with Crippen LogP contribution in [-0.4, -0.2) is 25.0 Å². The van der Waals surface area contributed by atoms with E-state index in [-0.39, 0.29) is 21.5 Å². The molecule has 4 nitrogen and oxygen atoms in total. The van der Waals surface area contributed by atoms with Crippen molar-refractivity contribution < 1.29 is 18.7 Å². The van der Waals surface area contributed by atoms with E-state index >= 15 is 0 Å². The highest BCUT2D eigenvalue weighted by Gasteiger charge is 2.30. The van der Waals surface area contributed by atoms with E-state index < -0.39 is 17.7 Å². The van der Waals surface area contributed by atoms with Crippen LogP contribution in [0.25, 0.3) is 10.4 Å². The summed E-state index contributed by atoms with van der Waals surface area (Å²) in [5.41, 5.74) is 1.17. The minimum atomic E-state index is -0.716. The van der Waals surface area contributed by atoms with Crippen LogP contribution in [0.4, 0.5) is 10.1 Å². The number of halogens is 2. The van der Waals surface area contributed by atoms with Crippen molar-refractivity contribution in [1.29, 1.82) is 0 Å². The van der Waals surface area contributed by atoms with Gasteiger partial charge in [0, 0.05) is 15.9 Å². The highest BCUT2D eigenvalue weighted by Crippen LogP contribution is 2.39. The maximum absolute atomic E-state index is 14.4. The maximum Gasteiger partial charge on any atom is 0.350 e. The third-order valence-corrected chi connectivity index (χ3v) is 5.69. The van der Waals surface area contributed by atoms with Crippen molar-refractivity contribution >= 4 is 40.5 Å². The molecule has 3 rings (SSSR count). The van der Waals surface area contributed by atoms with Gasteiger partial charge in [-0.1, -0.05) is 41.9 Å². The Balaban J connectivity index is 2.14. The van der Waals surface area contributed by atoms with Gasteiger partial charge in [0.1, 0.15) is 10.7 Å². The third-order valence-electron chi connectivity index (χ3n) is 4.30. The average molecular weight is 432 g/mol. The highest BCUT2D eigenvalue weighted by molar-refractivity contribution is 7.18. The molecule has 0 saturated heterocycles. The summed E-state index contributed by atoms with van der Waals surface area (Å²) in [7, 11) is 1.29.